The largest absolute Gasteiger partial charge is 0.309 e. The third kappa shape index (κ3) is 2.14. The second-order valence-electron chi connectivity index (χ2n) is 4.07. The first-order chi connectivity index (χ1) is 7.93. The summed E-state index contributed by atoms with van der Waals surface area (Å²) in [5, 5.41) is 5.06. The molecular formula is C14H14NS. The van der Waals surface area contributed by atoms with E-state index in [2.05, 4.69) is 54.9 Å². The van der Waals surface area contributed by atoms with Gasteiger partial charge < -0.3 is 5.32 Å². The summed E-state index contributed by atoms with van der Waals surface area (Å²) in [5.41, 5.74) is 1.39. The van der Waals surface area contributed by atoms with Crippen molar-refractivity contribution in [2.45, 2.75) is 6.04 Å². The molecule has 2 aliphatic rings. The topological polar surface area (TPSA) is 12.0 Å². The Labute approximate surface area is 102 Å². The fourth-order valence-electron chi connectivity index (χ4n) is 2.09. The maximum absolute atomic E-state index is 3.62. The van der Waals surface area contributed by atoms with Crippen LogP contribution in [0.15, 0.2) is 30.3 Å². The van der Waals surface area contributed by atoms with Crippen molar-refractivity contribution in [3.8, 4) is 0 Å². The van der Waals surface area contributed by atoms with Crippen molar-refractivity contribution < 1.29 is 0 Å². The van der Waals surface area contributed by atoms with Crippen LogP contribution in [0.3, 0.4) is 0 Å². The highest BCUT2D eigenvalue weighted by Crippen LogP contribution is 2.44. The molecule has 0 unspecified atom stereocenters. The van der Waals surface area contributed by atoms with Crippen LogP contribution in [0.4, 0.5) is 0 Å². The molecule has 2 fully saturated rings. The average Bonchev–Trinajstić information content (AvgIpc) is 2.70. The number of rotatable bonds is 1. The molecule has 1 aliphatic heterocycles. The third-order valence-electron chi connectivity index (χ3n) is 3.01. The molecule has 0 amide bonds. The molecule has 3 rings (SSSR count). The predicted octanol–water partition coefficient (Wildman–Crippen LogP) is 2.80. The van der Waals surface area contributed by atoms with Gasteiger partial charge in [0.1, 0.15) is 0 Å². The van der Waals surface area contributed by atoms with Crippen molar-refractivity contribution in [3.63, 3.8) is 0 Å². The second kappa shape index (κ2) is 4.80. The molecule has 1 aromatic rings. The van der Waals surface area contributed by atoms with E-state index >= 15 is 0 Å². The number of fused-ring (bicyclic) bond motifs is 1. The van der Waals surface area contributed by atoms with Crippen molar-refractivity contribution in [1.82, 2.24) is 5.32 Å². The SMILES string of the molecule is [CH]1[CH][C]2CN[C@@H](c3ccccc3)CS[C]2[CH]1. The number of thioether (sulfide) groups is 1. The molecule has 1 N–H and O–H groups in total. The van der Waals surface area contributed by atoms with Crippen LogP contribution in [-0.2, 0) is 0 Å². The molecule has 16 heavy (non-hydrogen) atoms. The number of hydrogen-bond donors (Lipinski definition) is 1. The zero-order valence-electron chi connectivity index (χ0n) is 9.02. The summed E-state index contributed by atoms with van der Waals surface area (Å²) >= 11 is 1.96. The van der Waals surface area contributed by atoms with Gasteiger partial charge >= 0.3 is 0 Å². The standard InChI is InChI=1S/C14H14NS/c1-2-5-11(6-3-1)13-10-16-14-8-4-7-12(14)9-15-13/h1-8,13,15H,9-10H2/t13-/m1/s1. The molecule has 1 nitrogen and oxygen atoms in total. The van der Waals surface area contributed by atoms with Gasteiger partial charge in [0.15, 0.2) is 0 Å². The Balaban J connectivity index is 1.71. The Morgan fingerprint density at radius 2 is 2.00 bits per heavy atom. The number of nitrogens with one attached hydrogen (secondary N) is 1. The van der Waals surface area contributed by atoms with Crippen molar-refractivity contribution in [1.29, 1.82) is 0 Å². The quantitative estimate of drug-likeness (QED) is 0.793. The van der Waals surface area contributed by atoms with Crippen molar-refractivity contribution in [2.75, 3.05) is 12.3 Å². The lowest BCUT2D eigenvalue weighted by Crippen LogP contribution is -2.25. The van der Waals surface area contributed by atoms with Gasteiger partial charge in [0.05, 0.1) is 0 Å². The van der Waals surface area contributed by atoms with E-state index in [0.29, 0.717) is 6.04 Å². The fourth-order valence-corrected chi connectivity index (χ4v) is 3.25. The lowest BCUT2D eigenvalue weighted by molar-refractivity contribution is 0.608. The van der Waals surface area contributed by atoms with Crippen LogP contribution < -0.4 is 5.32 Å². The molecule has 1 aliphatic carbocycles. The third-order valence-corrected chi connectivity index (χ3v) is 4.22. The summed E-state index contributed by atoms with van der Waals surface area (Å²) in [7, 11) is 0. The zero-order chi connectivity index (χ0) is 10.8. The van der Waals surface area contributed by atoms with E-state index in [0.717, 1.165) is 12.3 Å². The molecule has 0 bridgehead atoms. The van der Waals surface area contributed by atoms with E-state index in [1.54, 1.807) is 0 Å². The summed E-state index contributed by atoms with van der Waals surface area (Å²) in [6.45, 7) is 0.981. The van der Waals surface area contributed by atoms with Crippen LogP contribution >= 0.6 is 11.8 Å². The first-order valence-electron chi connectivity index (χ1n) is 5.59. The Bertz CT molecular complexity index is 324. The van der Waals surface area contributed by atoms with Gasteiger partial charge in [-0.25, -0.2) is 0 Å². The minimum Gasteiger partial charge on any atom is -0.309 e. The van der Waals surface area contributed by atoms with Gasteiger partial charge in [-0.05, 0) is 24.8 Å². The number of benzene rings is 1. The maximum Gasteiger partial charge on any atom is 0.0428 e. The van der Waals surface area contributed by atoms with Gasteiger partial charge in [-0.2, -0.15) is 11.8 Å². The summed E-state index contributed by atoms with van der Waals surface area (Å²) in [6.07, 6.45) is 6.57. The van der Waals surface area contributed by atoms with E-state index < -0.39 is 0 Å². The number of hydrogen-bond acceptors (Lipinski definition) is 2. The van der Waals surface area contributed by atoms with Crippen LogP contribution in [0.2, 0.25) is 0 Å². The van der Waals surface area contributed by atoms with Crippen LogP contribution in [-0.4, -0.2) is 12.3 Å². The van der Waals surface area contributed by atoms with Crippen LogP contribution in [0.1, 0.15) is 11.6 Å². The van der Waals surface area contributed by atoms with Crippen molar-refractivity contribution >= 4 is 11.8 Å². The van der Waals surface area contributed by atoms with E-state index in [9.17, 15) is 0 Å². The van der Waals surface area contributed by atoms with Crippen LogP contribution in [0.5, 0.6) is 0 Å². The normalized spacial score (nSPS) is 27.6. The van der Waals surface area contributed by atoms with E-state index in [-0.39, 0.29) is 0 Å². The summed E-state index contributed by atoms with van der Waals surface area (Å²) in [6, 6.07) is 11.2. The molecule has 1 heterocycles. The minimum atomic E-state index is 0.471. The highest BCUT2D eigenvalue weighted by molar-refractivity contribution is 8.02. The highest BCUT2D eigenvalue weighted by Gasteiger charge is 2.33. The van der Waals surface area contributed by atoms with Gasteiger partial charge in [-0.3, -0.25) is 0 Å². The van der Waals surface area contributed by atoms with Gasteiger partial charge in [-0.15, -0.1) is 0 Å². The predicted molar refractivity (Wildman–Crippen MR) is 69.0 cm³/mol. The van der Waals surface area contributed by atoms with Crippen LogP contribution in [0, 0.1) is 30.4 Å². The minimum absolute atomic E-state index is 0.471. The van der Waals surface area contributed by atoms with Gasteiger partial charge in [0, 0.05) is 29.5 Å². The molecule has 0 spiro atoms. The maximum atomic E-state index is 3.62. The molecule has 1 saturated heterocycles. The molecule has 5 radical (unpaired) electrons. The monoisotopic (exact) mass is 228 g/mol. The van der Waals surface area contributed by atoms with Crippen molar-refractivity contribution in [2.24, 2.45) is 0 Å². The van der Waals surface area contributed by atoms with Crippen LogP contribution in [0.25, 0.3) is 0 Å². The zero-order valence-corrected chi connectivity index (χ0v) is 9.84. The molecular weight excluding hydrogens is 214 g/mol. The molecule has 1 atom stereocenters. The van der Waals surface area contributed by atoms with E-state index in [1.807, 2.05) is 11.8 Å². The molecule has 81 valence electrons. The summed E-state index contributed by atoms with van der Waals surface area (Å²) in [5.74, 6) is 2.55. The molecule has 0 aromatic heterocycles. The second-order valence-corrected chi connectivity index (χ2v) is 5.13. The Morgan fingerprint density at radius 1 is 1.12 bits per heavy atom. The Morgan fingerprint density at radius 3 is 2.88 bits per heavy atom. The van der Waals surface area contributed by atoms with E-state index in [1.165, 1.54) is 16.7 Å². The Kier molecular flexibility index (Phi) is 3.20. The first-order valence-corrected chi connectivity index (χ1v) is 6.58. The average molecular weight is 228 g/mol. The smallest absolute Gasteiger partial charge is 0.0428 e. The molecule has 1 aromatic carbocycles. The van der Waals surface area contributed by atoms with E-state index in [4.69, 9.17) is 0 Å². The lowest BCUT2D eigenvalue weighted by atomic mass is 10.1. The fraction of sp³-hybridized carbons (Fsp3) is 0.214. The molecule has 2 heteroatoms. The molecule has 1 saturated carbocycles. The first kappa shape index (κ1) is 10.7. The summed E-state index contributed by atoms with van der Waals surface area (Å²) in [4.78, 5) is 0. The van der Waals surface area contributed by atoms with Gasteiger partial charge in [0.25, 0.3) is 0 Å². The Hall–Kier alpha value is -0.470. The lowest BCUT2D eigenvalue weighted by Gasteiger charge is -2.16. The van der Waals surface area contributed by atoms with Gasteiger partial charge in [0.2, 0.25) is 0 Å². The van der Waals surface area contributed by atoms with Crippen molar-refractivity contribution in [3.05, 3.63) is 66.3 Å². The summed E-state index contributed by atoms with van der Waals surface area (Å²) < 4.78 is 0. The van der Waals surface area contributed by atoms with Gasteiger partial charge in [-0.1, -0.05) is 30.3 Å². The highest BCUT2D eigenvalue weighted by atomic mass is 32.2.